The maximum Gasteiger partial charge on any atom is 0.334 e. The normalized spacial score (nSPS) is 33.0. The van der Waals surface area contributed by atoms with Gasteiger partial charge in [-0.1, -0.05) is 54.1 Å². The smallest absolute Gasteiger partial charge is 0.334 e. The lowest BCUT2D eigenvalue weighted by atomic mass is 9.96. The van der Waals surface area contributed by atoms with Crippen molar-refractivity contribution >= 4 is 30.0 Å². The molecule has 0 aromatic heterocycles. The molecule has 3 fully saturated rings. The van der Waals surface area contributed by atoms with E-state index in [1.807, 2.05) is 30.3 Å². The molecule has 15 nitrogen and oxygen atoms in total. The number of nitrogens with zero attached hydrogens (tertiary/aromatic N) is 2. The van der Waals surface area contributed by atoms with Gasteiger partial charge in [-0.3, -0.25) is 9.80 Å². The Morgan fingerprint density at radius 1 is 0.780 bits per heavy atom. The van der Waals surface area contributed by atoms with Crippen LogP contribution in [0.2, 0.25) is 5.02 Å². The van der Waals surface area contributed by atoms with Gasteiger partial charge in [-0.15, -0.1) is 12.4 Å². The van der Waals surface area contributed by atoms with Crippen LogP contribution in [-0.2, 0) is 28.5 Å². The quantitative estimate of drug-likeness (QED) is 0.0933. The van der Waals surface area contributed by atoms with E-state index < -0.39 is 87.2 Å². The van der Waals surface area contributed by atoms with Crippen molar-refractivity contribution in [1.29, 1.82) is 0 Å². The largest absolute Gasteiger partial charge is 0.431 e. The highest BCUT2D eigenvalue weighted by Crippen LogP contribution is 2.31. The molecule has 3 aliphatic heterocycles. The number of aliphatic hydroxyl groups excluding tert-OH is 7. The summed E-state index contributed by atoms with van der Waals surface area (Å²) in [6.45, 7) is 2.10. The van der Waals surface area contributed by atoms with Gasteiger partial charge in [0.25, 0.3) is 0 Å². The molecule has 3 aliphatic rings. The van der Waals surface area contributed by atoms with Gasteiger partial charge in [0.15, 0.2) is 6.29 Å². The number of halogens is 2. The Balaban J connectivity index is 0.00000562. The lowest BCUT2D eigenvalue weighted by Gasteiger charge is -2.45. The zero-order valence-electron chi connectivity index (χ0n) is 27.2. The van der Waals surface area contributed by atoms with E-state index in [0.717, 1.165) is 31.7 Å². The molecule has 0 spiro atoms. The standard InChI is InChI=1S/C33H45ClN2O13.ClH/c34-21-8-6-20(7-9-21)25(19-4-2-1-3-5-19)36-12-10-35(11-13-36)14-15-45-18-24(39)48-32-30(44)28(42)31(23(17-38)47-32)49-33-29(43)27(41)26(40)22(16-37)46-33;/h1-9,22-23,25-33,37-38,40-44H,10-18H2;1H/t22-,23-,25?,26+,27+,28-,29-,30-,31-,32?,33+;/m1./s1. The highest BCUT2D eigenvalue weighted by molar-refractivity contribution is 6.30. The van der Waals surface area contributed by atoms with E-state index in [9.17, 15) is 40.5 Å². The fraction of sp³-hybridized carbons (Fsp3) is 0.606. The highest BCUT2D eigenvalue weighted by atomic mass is 35.5. The van der Waals surface area contributed by atoms with Gasteiger partial charge in [0.05, 0.1) is 25.9 Å². The summed E-state index contributed by atoms with van der Waals surface area (Å²) < 4.78 is 27.0. The van der Waals surface area contributed by atoms with Crippen molar-refractivity contribution in [3.8, 4) is 0 Å². The molecule has 0 bridgehead atoms. The molecule has 3 heterocycles. The van der Waals surface area contributed by atoms with Crippen molar-refractivity contribution in [1.82, 2.24) is 9.80 Å². The second kappa shape index (κ2) is 19.2. The number of hydrogen-bond donors (Lipinski definition) is 7. The zero-order valence-corrected chi connectivity index (χ0v) is 28.7. The number of piperazine rings is 1. The van der Waals surface area contributed by atoms with Gasteiger partial charge in [-0.2, -0.15) is 0 Å². The Hall–Kier alpha value is -2.03. The third-order valence-corrected chi connectivity index (χ3v) is 9.30. The fourth-order valence-corrected chi connectivity index (χ4v) is 6.43. The predicted molar refractivity (Wildman–Crippen MR) is 178 cm³/mol. The van der Waals surface area contributed by atoms with Gasteiger partial charge in [0.2, 0.25) is 6.29 Å². The number of rotatable bonds is 13. The van der Waals surface area contributed by atoms with E-state index in [4.69, 9.17) is 35.3 Å². The molecular weight excluding hydrogens is 703 g/mol. The van der Waals surface area contributed by atoms with Gasteiger partial charge < -0.3 is 59.4 Å². The summed E-state index contributed by atoms with van der Waals surface area (Å²) in [5, 5.41) is 71.5. The molecule has 280 valence electrons. The molecule has 0 aliphatic carbocycles. The minimum Gasteiger partial charge on any atom is -0.431 e. The van der Waals surface area contributed by atoms with E-state index in [1.54, 1.807) is 0 Å². The molecular formula is C33H46Cl2N2O13. The Morgan fingerprint density at radius 3 is 2.02 bits per heavy atom. The molecule has 2 aromatic rings. The first-order chi connectivity index (χ1) is 23.6. The summed E-state index contributed by atoms with van der Waals surface area (Å²) in [5.74, 6) is -0.875. The number of aliphatic hydroxyl groups is 7. The summed E-state index contributed by atoms with van der Waals surface area (Å²) in [4.78, 5) is 17.2. The maximum absolute atomic E-state index is 12.5. The average molecular weight is 750 g/mol. The van der Waals surface area contributed by atoms with Gasteiger partial charge in [-0.25, -0.2) is 4.79 Å². The van der Waals surface area contributed by atoms with E-state index in [0.29, 0.717) is 11.6 Å². The SMILES string of the molecule is Cl.O=C(COCCN1CCN(C(c2ccccc2)c2ccc(Cl)cc2)CC1)OC1O[C@H](CO)[C@@H](O[C@@H]2O[C@H](CO)[C@H](O)[C@H](O)[C@H]2O)[C@H](O)[C@H]1O. The molecule has 2 unspecified atom stereocenters. The van der Waals surface area contributed by atoms with Crippen LogP contribution in [0.4, 0.5) is 0 Å². The van der Waals surface area contributed by atoms with Crippen LogP contribution >= 0.6 is 24.0 Å². The molecule has 2 aromatic carbocycles. The number of esters is 1. The van der Waals surface area contributed by atoms with Crippen molar-refractivity contribution in [3.63, 3.8) is 0 Å². The van der Waals surface area contributed by atoms with Crippen LogP contribution in [0, 0.1) is 0 Å². The third kappa shape index (κ3) is 9.89. The van der Waals surface area contributed by atoms with Gasteiger partial charge in [0, 0.05) is 37.7 Å². The highest BCUT2D eigenvalue weighted by Gasteiger charge is 2.51. The first-order valence-electron chi connectivity index (χ1n) is 16.2. The molecule has 0 saturated carbocycles. The van der Waals surface area contributed by atoms with Crippen molar-refractivity contribution in [2.75, 3.05) is 59.2 Å². The number of carbonyl (C=O) groups is 1. The lowest BCUT2D eigenvalue weighted by molar-refractivity contribution is -0.356. The molecule has 7 N–H and O–H groups in total. The zero-order chi connectivity index (χ0) is 35.1. The first-order valence-corrected chi connectivity index (χ1v) is 16.6. The Morgan fingerprint density at radius 2 is 1.38 bits per heavy atom. The minimum atomic E-state index is -1.83. The minimum absolute atomic E-state index is 0. The first kappa shape index (κ1) is 40.7. The van der Waals surface area contributed by atoms with Gasteiger partial charge >= 0.3 is 5.97 Å². The lowest BCUT2D eigenvalue weighted by Crippen LogP contribution is -2.64. The van der Waals surface area contributed by atoms with E-state index >= 15 is 0 Å². The molecule has 5 rings (SSSR count). The van der Waals surface area contributed by atoms with Crippen LogP contribution in [0.5, 0.6) is 0 Å². The summed E-state index contributed by atoms with van der Waals surface area (Å²) in [7, 11) is 0. The van der Waals surface area contributed by atoms with Gasteiger partial charge in [-0.05, 0) is 23.3 Å². The van der Waals surface area contributed by atoms with Crippen LogP contribution in [0.15, 0.2) is 54.6 Å². The van der Waals surface area contributed by atoms with E-state index in [-0.39, 0.29) is 25.1 Å². The number of ether oxygens (including phenoxy) is 5. The van der Waals surface area contributed by atoms with Crippen LogP contribution in [0.1, 0.15) is 17.2 Å². The predicted octanol–water partition coefficient (Wildman–Crippen LogP) is -1.35. The van der Waals surface area contributed by atoms with Crippen LogP contribution in [0.25, 0.3) is 0 Å². The molecule has 0 radical (unpaired) electrons. The fourth-order valence-electron chi connectivity index (χ4n) is 6.31. The second-order valence-electron chi connectivity index (χ2n) is 12.3. The van der Waals surface area contributed by atoms with Gasteiger partial charge in [0.1, 0.15) is 55.4 Å². The van der Waals surface area contributed by atoms with Crippen molar-refractivity contribution in [2.45, 2.75) is 67.5 Å². The summed E-state index contributed by atoms with van der Waals surface area (Å²) >= 11 is 6.14. The topological polar surface area (TPSA) is 211 Å². The summed E-state index contributed by atoms with van der Waals surface area (Å²) in [6.07, 6.45) is -16.3. The summed E-state index contributed by atoms with van der Waals surface area (Å²) in [6, 6.07) is 18.3. The van der Waals surface area contributed by atoms with Crippen molar-refractivity contribution in [3.05, 3.63) is 70.7 Å². The number of hydrogen-bond acceptors (Lipinski definition) is 15. The van der Waals surface area contributed by atoms with Crippen molar-refractivity contribution < 1.29 is 64.2 Å². The molecule has 17 heteroatoms. The molecule has 50 heavy (non-hydrogen) atoms. The van der Waals surface area contributed by atoms with Crippen LogP contribution in [-0.4, -0.2) is 172 Å². The molecule has 3 saturated heterocycles. The van der Waals surface area contributed by atoms with E-state index in [2.05, 4.69) is 34.1 Å². The monoisotopic (exact) mass is 748 g/mol. The third-order valence-electron chi connectivity index (χ3n) is 9.05. The number of carbonyl (C=O) groups excluding carboxylic acids is 1. The molecule has 0 amide bonds. The van der Waals surface area contributed by atoms with Crippen LogP contribution < -0.4 is 0 Å². The Kier molecular flexibility index (Phi) is 15.6. The van der Waals surface area contributed by atoms with E-state index in [1.165, 1.54) is 5.56 Å². The Bertz CT molecular complexity index is 1310. The average Bonchev–Trinajstić information content (AvgIpc) is 3.12. The summed E-state index contributed by atoms with van der Waals surface area (Å²) in [5.41, 5.74) is 2.36. The number of benzene rings is 2. The van der Waals surface area contributed by atoms with Crippen molar-refractivity contribution in [2.24, 2.45) is 0 Å². The Labute approximate surface area is 300 Å². The second-order valence-corrected chi connectivity index (χ2v) is 12.7. The van der Waals surface area contributed by atoms with Crippen LogP contribution in [0.3, 0.4) is 0 Å². The molecule has 11 atom stereocenters. The maximum atomic E-state index is 12.5.